The van der Waals surface area contributed by atoms with E-state index < -0.39 is 6.10 Å². The van der Waals surface area contributed by atoms with Crippen molar-refractivity contribution >= 4 is 15.9 Å². The van der Waals surface area contributed by atoms with E-state index in [1.54, 1.807) is 6.07 Å². The summed E-state index contributed by atoms with van der Waals surface area (Å²) < 4.78 is 19.5. The third-order valence-electron chi connectivity index (χ3n) is 2.93. The molecular weight excluding hydrogens is 323 g/mol. The molecule has 106 valence electrons. The second-order valence-electron chi connectivity index (χ2n) is 4.47. The summed E-state index contributed by atoms with van der Waals surface area (Å²) in [5.41, 5.74) is 1.45. The Hall–Kier alpha value is -1.39. The van der Waals surface area contributed by atoms with Crippen LogP contribution in [0.3, 0.4) is 0 Å². The van der Waals surface area contributed by atoms with Gasteiger partial charge in [0.05, 0.1) is 12.7 Å². The highest BCUT2D eigenvalue weighted by atomic mass is 79.9. The van der Waals surface area contributed by atoms with Gasteiger partial charge in [0.1, 0.15) is 11.6 Å². The summed E-state index contributed by atoms with van der Waals surface area (Å²) in [5.74, 6) is 0.345. The molecule has 1 N–H and O–H groups in total. The molecule has 1 atom stereocenters. The average molecular weight is 339 g/mol. The molecule has 0 saturated heterocycles. The van der Waals surface area contributed by atoms with Crippen LogP contribution in [0.1, 0.15) is 24.2 Å². The van der Waals surface area contributed by atoms with E-state index >= 15 is 0 Å². The van der Waals surface area contributed by atoms with Crippen LogP contribution in [0.2, 0.25) is 0 Å². The Morgan fingerprint density at radius 3 is 2.70 bits per heavy atom. The summed E-state index contributed by atoms with van der Waals surface area (Å²) in [5, 5.41) is 10.3. The van der Waals surface area contributed by atoms with E-state index in [0.29, 0.717) is 23.2 Å². The van der Waals surface area contributed by atoms with Crippen LogP contribution in [-0.4, -0.2) is 11.7 Å². The number of halogens is 2. The van der Waals surface area contributed by atoms with Crippen molar-refractivity contribution in [3.8, 4) is 5.75 Å². The third kappa shape index (κ3) is 3.81. The highest BCUT2D eigenvalue weighted by Crippen LogP contribution is 2.28. The fourth-order valence-corrected chi connectivity index (χ4v) is 2.62. The molecule has 2 aromatic carbocycles. The van der Waals surface area contributed by atoms with Crippen LogP contribution < -0.4 is 4.74 Å². The number of hydrogen-bond acceptors (Lipinski definition) is 2. The molecule has 0 saturated carbocycles. The fourth-order valence-electron chi connectivity index (χ4n) is 2.10. The van der Waals surface area contributed by atoms with Crippen LogP contribution in [0.25, 0.3) is 0 Å². The van der Waals surface area contributed by atoms with Crippen molar-refractivity contribution in [3.63, 3.8) is 0 Å². The van der Waals surface area contributed by atoms with E-state index in [4.69, 9.17) is 4.74 Å². The topological polar surface area (TPSA) is 29.5 Å². The van der Waals surface area contributed by atoms with E-state index in [1.165, 1.54) is 12.1 Å². The van der Waals surface area contributed by atoms with E-state index in [2.05, 4.69) is 15.9 Å². The van der Waals surface area contributed by atoms with Gasteiger partial charge in [-0.1, -0.05) is 34.1 Å². The molecule has 1 unspecified atom stereocenters. The van der Waals surface area contributed by atoms with E-state index in [-0.39, 0.29) is 5.82 Å². The Morgan fingerprint density at radius 1 is 1.25 bits per heavy atom. The highest BCUT2D eigenvalue weighted by Gasteiger charge is 2.14. The van der Waals surface area contributed by atoms with Crippen molar-refractivity contribution in [2.24, 2.45) is 0 Å². The fraction of sp³-hybridized carbons (Fsp3) is 0.250. The number of hydrogen-bond donors (Lipinski definition) is 1. The SMILES string of the molecule is CCOc1ccccc1C(O)Cc1cc(F)cc(Br)c1. The van der Waals surface area contributed by atoms with Gasteiger partial charge in [-0.3, -0.25) is 0 Å². The molecule has 0 amide bonds. The molecule has 0 radical (unpaired) electrons. The molecule has 0 aliphatic carbocycles. The Kier molecular flexibility index (Phi) is 5.15. The van der Waals surface area contributed by atoms with E-state index in [9.17, 15) is 9.50 Å². The molecule has 0 heterocycles. The zero-order valence-electron chi connectivity index (χ0n) is 11.1. The van der Waals surface area contributed by atoms with Gasteiger partial charge in [0.2, 0.25) is 0 Å². The first-order valence-electron chi connectivity index (χ1n) is 6.45. The van der Waals surface area contributed by atoms with Crippen molar-refractivity contribution in [2.45, 2.75) is 19.4 Å². The first-order valence-corrected chi connectivity index (χ1v) is 7.24. The summed E-state index contributed by atoms with van der Waals surface area (Å²) in [6.45, 7) is 2.43. The van der Waals surface area contributed by atoms with Crippen molar-refractivity contribution in [1.82, 2.24) is 0 Å². The van der Waals surface area contributed by atoms with Gasteiger partial charge in [-0.05, 0) is 36.8 Å². The Balaban J connectivity index is 2.21. The van der Waals surface area contributed by atoms with Gasteiger partial charge >= 0.3 is 0 Å². The van der Waals surface area contributed by atoms with Crippen LogP contribution in [-0.2, 0) is 6.42 Å². The van der Waals surface area contributed by atoms with Crippen LogP contribution in [0, 0.1) is 5.82 Å². The predicted molar refractivity (Wildman–Crippen MR) is 80.4 cm³/mol. The summed E-state index contributed by atoms with van der Waals surface area (Å²) in [6.07, 6.45) is -0.396. The standard InChI is InChI=1S/C16H16BrFO2/c1-2-20-16-6-4-3-5-14(16)15(19)9-11-7-12(17)10-13(18)8-11/h3-8,10,15,19H,2,9H2,1H3. The Morgan fingerprint density at radius 2 is 2.00 bits per heavy atom. The number of rotatable bonds is 5. The second kappa shape index (κ2) is 6.86. The second-order valence-corrected chi connectivity index (χ2v) is 5.38. The maximum atomic E-state index is 13.3. The molecule has 0 aliphatic heterocycles. The summed E-state index contributed by atoms with van der Waals surface area (Å²) in [7, 11) is 0. The van der Waals surface area contributed by atoms with Gasteiger partial charge in [0.15, 0.2) is 0 Å². The molecule has 0 fully saturated rings. The average Bonchev–Trinajstić information content (AvgIpc) is 2.38. The van der Waals surface area contributed by atoms with Crippen LogP contribution in [0.15, 0.2) is 46.9 Å². The first-order chi connectivity index (χ1) is 9.60. The Labute approximate surface area is 126 Å². The lowest BCUT2D eigenvalue weighted by atomic mass is 10.0. The molecule has 20 heavy (non-hydrogen) atoms. The summed E-state index contributed by atoms with van der Waals surface area (Å²) >= 11 is 3.25. The molecule has 4 heteroatoms. The number of benzene rings is 2. The lowest BCUT2D eigenvalue weighted by molar-refractivity contribution is 0.172. The van der Waals surface area contributed by atoms with Gasteiger partial charge in [0, 0.05) is 16.5 Å². The van der Waals surface area contributed by atoms with Crippen molar-refractivity contribution in [3.05, 3.63) is 63.9 Å². The molecular formula is C16H16BrFO2. The molecule has 2 aromatic rings. The number of para-hydroxylation sites is 1. The lowest BCUT2D eigenvalue weighted by Gasteiger charge is -2.16. The van der Waals surface area contributed by atoms with Gasteiger partial charge in [-0.15, -0.1) is 0 Å². The van der Waals surface area contributed by atoms with Crippen molar-refractivity contribution < 1.29 is 14.2 Å². The number of ether oxygens (including phenoxy) is 1. The van der Waals surface area contributed by atoms with E-state index in [0.717, 1.165) is 11.1 Å². The molecule has 0 aromatic heterocycles. The maximum absolute atomic E-state index is 13.3. The van der Waals surface area contributed by atoms with Crippen LogP contribution in [0.5, 0.6) is 5.75 Å². The summed E-state index contributed by atoms with van der Waals surface area (Å²) in [4.78, 5) is 0. The van der Waals surface area contributed by atoms with Crippen LogP contribution >= 0.6 is 15.9 Å². The summed E-state index contributed by atoms with van der Waals surface area (Å²) in [6, 6.07) is 12.0. The van der Waals surface area contributed by atoms with Gasteiger partial charge in [-0.2, -0.15) is 0 Å². The molecule has 2 rings (SSSR count). The van der Waals surface area contributed by atoms with Gasteiger partial charge in [0.25, 0.3) is 0 Å². The van der Waals surface area contributed by atoms with Gasteiger partial charge in [-0.25, -0.2) is 4.39 Å². The lowest BCUT2D eigenvalue weighted by Crippen LogP contribution is -2.05. The minimum absolute atomic E-state index is 0.320. The quantitative estimate of drug-likeness (QED) is 0.882. The third-order valence-corrected chi connectivity index (χ3v) is 3.39. The monoisotopic (exact) mass is 338 g/mol. The van der Waals surface area contributed by atoms with Crippen molar-refractivity contribution in [1.29, 1.82) is 0 Å². The molecule has 0 bridgehead atoms. The smallest absolute Gasteiger partial charge is 0.125 e. The molecule has 0 spiro atoms. The minimum atomic E-state index is -0.730. The van der Waals surface area contributed by atoms with Gasteiger partial charge < -0.3 is 9.84 Å². The minimum Gasteiger partial charge on any atom is -0.493 e. The number of aliphatic hydroxyl groups excluding tert-OH is 1. The van der Waals surface area contributed by atoms with Crippen LogP contribution in [0.4, 0.5) is 4.39 Å². The van der Waals surface area contributed by atoms with E-state index in [1.807, 2.05) is 31.2 Å². The Bertz CT molecular complexity index is 566. The maximum Gasteiger partial charge on any atom is 0.125 e. The van der Waals surface area contributed by atoms with Crippen molar-refractivity contribution in [2.75, 3.05) is 6.61 Å². The normalized spacial score (nSPS) is 12.2. The number of aliphatic hydroxyl groups is 1. The zero-order chi connectivity index (χ0) is 14.5. The largest absolute Gasteiger partial charge is 0.493 e. The molecule has 2 nitrogen and oxygen atoms in total. The predicted octanol–water partition coefficient (Wildman–Crippen LogP) is 4.26. The highest BCUT2D eigenvalue weighted by molar-refractivity contribution is 9.10. The molecule has 0 aliphatic rings. The zero-order valence-corrected chi connectivity index (χ0v) is 12.7. The first kappa shape index (κ1) is 15.0.